The second-order valence-electron chi connectivity index (χ2n) is 6.46. The summed E-state index contributed by atoms with van der Waals surface area (Å²) in [5, 5.41) is 4.46. The van der Waals surface area contributed by atoms with E-state index in [-0.39, 0.29) is 0 Å². The number of hydrogen-bond acceptors (Lipinski definition) is 4. The van der Waals surface area contributed by atoms with E-state index in [1.807, 2.05) is 44.2 Å². The number of nitrogens with one attached hydrogen (secondary N) is 1. The maximum absolute atomic E-state index is 14.8. The Morgan fingerprint density at radius 3 is 2.63 bits per heavy atom. The molecule has 2 aromatic carbocycles. The predicted octanol–water partition coefficient (Wildman–Crippen LogP) is 4.09. The third-order valence-electron chi connectivity index (χ3n) is 4.57. The van der Waals surface area contributed by atoms with Gasteiger partial charge in [0.15, 0.2) is 11.5 Å². The van der Waals surface area contributed by atoms with Crippen LogP contribution in [0.2, 0.25) is 0 Å². The van der Waals surface area contributed by atoms with Crippen LogP contribution in [-0.2, 0) is 0 Å². The fourth-order valence-corrected chi connectivity index (χ4v) is 3.14. The third kappa shape index (κ3) is 2.47. The van der Waals surface area contributed by atoms with Gasteiger partial charge in [0, 0.05) is 17.8 Å². The lowest BCUT2D eigenvalue weighted by atomic mass is 10.2. The van der Waals surface area contributed by atoms with Crippen LogP contribution in [0.4, 0.5) is 4.39 Å². The molecule has 7 heteroatoms. The van der Waals surface area contributed by atoms with Crippen LogP contribution in [-0.4, -0.2) is 29.5 Å². The summed E-state index contributed by atoms with van der Waals surface area (Å²) in [5.41, 5.74) is 4.75. The molecule has 0 unspecified atom stereocenters. The molecule has 5 rings (SSSR count). The minimum Gasteiger partial charge on any atom is -0.338 e. The van der Waals surface area contributed by atoms with Crippen LogP contribution in [0.1, 0.15) is 11.4 Å². The summed E-state index contributed by atoms with van der Waals surface area (Å²) in [6, 6.07) is 12.8. The number of aromatic nitrogens is 6. The van der Waals surface area contributed by atoms with E-state index in [1.54, 1.807) is 16.8 Å². The second-order valence-corrected chi connectivity index (χ2v) is 6.46. The maximum Gasteiger partial charge on any atom is 0.185 e. The minimum atomic E-state index is -0.398. The molecule has 3 heterocycles. The van der Waals surface area contributed by atoms with Gasteiger partial charge in [-0.15, -0.1) is 5.10 Å². The number of imidazole rings is 1. The molecule has 0 bridgehead atoms. The first-order chi connectivity index (χ1) is 13.1. The lowest BCUT2D eigenvalue weighted by Gasteiger charge is -1.98. The Kier molecular flexibility index (Phi) is 3.30. The fraction of sp³-hybridized carbons (Fsp3) is 0.100. The number of benzene rings is 2. The largest absolute Gasteiger partial charge is 0.338 e. The van der Waals surface area contributed by atoms with E-state index in [0.717, 1.165) is 17.0 Å². The van der Waals surface area contributed by atoms with E-state index in [1.165, 1.54) is 6.07 Å². The second kappa shape index (κ2) is 5.70. The van der Waals surface area contributed by atoms with Gasteiger partial charge in [-0.05, 0) is 19.9 Å². The molecule has 0 saturated heterocycles. The summed E-state index contributed by atoms with van der Waals surface area (Å²) >= 11 is 0. The molecule has 0 spiro atoms. The Balaban J connectivity index is 1.69. The van der Waals surface area contributed by atoms with Crippen molar-refractivity contribution in [3.63, 3.8) is 0 Å². The lowest BCUT2D eigenvalue weighted by molar-refractivity contribution is 0.631. The van der Waals surface area contributed by atoms with Crippen molar-refractivity contribution >= 4 is 16.7 Å². The quantitative estimate of drug-likeness (QED) is 0.516. The molecule has 0 fully saturated rings. The molecule has 0 amide bonds. The summed E-state index contributed by atoms with van der Waals surface area (Å²) < 4.78 is 16.5. The van der Waals surface area contributed by atoms with Crippen LogP contribution in [0.3, 0.4) is 0 Å². The van der Waals surface area contributed by atoms with E-state index in [9.17, 15) is 4.39 Å². The zero-order valence-corrected chi connectivity index (χ0v) is 14.7. The normalized spacial score (nSPS) is 11.5. The summed E-state index contributed by atoms with van der Waals surface area (Å²) in [6.07, 6.45) is 1.72. The number of H-pyrrole nitrogens is 1. The standard InChI is InChI=1S/C20H15FN6/c1-11-10-22-12(2)20-25-19(26-27(11)20)14-8-16-17(9-15(14)21)24-18(23-16)13-6-4-3-5-7-13/h3-10H,1-2H3,(H,23,24). The highest BCUT2D eigenvalue weighted by atomic mass is 19.1. The van der Waals surface area contributed by atoms with Gasteiger partial charge in [0.05, 0.1) is 28.0 Å². The van der Waals surface area contributed by atoms with Crippen LogP contribution in [0.25, 0.3) is 39.5 Å². The van der Waals surface area contributed by atoms with Crippen molar-refractivity contribution in [2.75, 3.05) is 0 Å². The summed E-state index contributed by atoms with van der Waals surface area (Å²) in [4.78, 5) is 16.5. The van der Waals surface area contributed by atoms with Gasteiger partial charge in [-0.25, -0.2) is 18.9 Å². The van der Waals surface area contributed by atoms with Gasteiger partial charge in [0.2, 0.25) is 0 Å². The molecule has 0 aliphatic heterocycles. The highest BCUT2D eigenvalue weighted by Crippen LogP contribution is 2.27. The van der Waals surface area contributed by atoms with Crippen molar-refractivity contribution in [2.24, 2.45) is 0 Å². The SMILES string of the molecule is Cc1ncc(C)n2nc(-c3cc4nc(-c5ccccc5)[nH]c4cc3F)nc12. The number of rotatable bonds is 2. The monoisotopic (exact) mass is 358 g/mol. The van der Waals surface area contributed by atoms with Crippen molar-refractivity contribution in [2.45, 2.75) is 13.8 Å². The van der Waals surface area contributed by atoms with Gasteiger partial charge in [-0.1, -0.05) is 30.3 Å². The highest BCUT2D eigenvalue weighted by molar-refractivity contribution is 5.84. The number of aromatic amines is 1. The van der Waals surface area contributed by atoms with Crippen molar-refractivity contribution in [3.8, 4) is 22.8 Å². The first-order valence-corrected chi connectivity index (χ1v) is 8.54. The van der Waals surface area contributed by atoms with Crippen molar-refractivity contribution in [1.29, 1.82) is 0 Å². The number of aryl methyl sites for hydroxylation is 2. The molecule has 27 heavy (non-hydrogen) atoms. The van der Waals surface area contributed by atoms with E-state index in [0.29, 0.717) is 33.9 Å². The number of halogens is 1. The molecule has 0 saturated carbocycles. The number of hydrogen-bond donors (Lipinski definition) is 1. The van der Waals surface area contributed by atoms with Gasteiger partial charge < -0.3 is 4.98 Å². The Morgan fingerprint density at radius 1 is 1.04 bits per heavy atom. The maximum atomic E-state index is 14.8. The molecule has 0 radical (unpaired) electrons. The summed E-state index contributed by atoms with van der Waals surface area (Å²) in [5.74, 6) is 0.615. The Morgan fingerprint density at radius 2 is 1.85 bits per heavy atom. The molecule has 0 atom stereocenters. The average Bonchev–Trinajstić information content (AvgIpc) is 3.29. The van der Waals surface area contributed by atoms with Crippen molar-refractivity contribution in [3.05, 3.63) is 65.9 Å². The first-order valence-electron chi connectivity index (χ1n) is 8.54. The average molecular weight is 358 g/mol. The molecular formula is C20H15FN6. The van der Waals surface area contributed by atoms with Gasteiger partial charge in [0.1, 0.15) is 11.6 Å². The van der Waals surface area contributed by atoms with E-state index >= 15 is 0 Å². The van der Waals surface area contributed by atoms with Crippen LogP contribution in [0, 0.1) is 19.7 Å². The topological polar surface area (TPSA) is 71.8 Å². The molecule has 5 aromatic rings. The molecule has 0 aliphatic rings. The van der Waals surface area contributed by atoms with Crippen LogP contribution >= 0.6 is 0 Å². The number of nitrogens with zero attached hydrogens (tertiary/aromatic N) is 5. The van der Waals surface area contributed by atoms with Crippen molar-refractivity contribution in [1.82, 2.24) is 29.5 Å². The lowest BCUT2D eigenvalue weighted by Crippen LogP contribution is -1.97. The molecule has 132 valence electrons. The van der Waals surface area contributed by atoms with Gasteiger partial charge in [-0.2, -0.15) is 0 Å². The predicted molar refractivity (Wildman–Crippen MR) is 101 cm³/mol. The van der Waals surface area contributed by atoms with Gasteiger partial charge in [0.25, 0.3) is 0 Å². The molecule has 6 nitrogen and oxygen atoms in total. The van der Waals surface area contributed by atoms with Crippen LogP contribution in [0.15, 0.2) is 48.7 Å². The first kappa shape index (κ1) is 15.6. The Labute approximate surface area is 153 Å². The van der Waals surface area contributed by atoms with Crippen molar-refractivity contribution < 1.29 is 4.39 Å². The Hall–Kier alpha value is -3.61. The van der Waals surface area contributed by atoms with E-state index < -0.39 is 5.82 Å². The zero-order valence-electron chi connectivity index (χ0n) is 14.7. The zero-order chi connectivity index (χ0) is 18.5. The third-order valence-corrected chi connectivity index (χ3v) is 4.57. The van der Waals surface area contributed by atoms with Gasteiger partial charge >= 0.3 is 0 Å². The number of fused-ring (bicyclic) bond motifs is 2. The fourth-order valence-electron chi connectivity index (χ4n) is 3.14. The summed E-state index contributed by atoms with van der Waals surface area (Å²) in [7, 11) is 0. The summed E-state index contributed by atoms with van der Waals surface area (Å²) in [6.45, 7) is 3.74. The smallest absolute Gasteiger partial charge is 0.185 e. The minimum absolute atomic E-state index is 0.316. The highest BCUT2D eigenvalue weighted by Gasteiger charge is 2.17. The van der Waals surface area contributed by atoms with Gasteiger partial charge in [-0.3, -0.25) is 4.98 Å². The van der Waals surface area contributed by atoms with E-state index in [4.69, 9.17) is 0 Å². The molecule has 0 aliphatic carbocycles. The molecule has 1 N–H and O–H groups in total. The molecular weight excluding hydrogens is 343 g/mol. The van der Waals surface area contributed by atoms with Crippen LogP contribution < -0.4 is 0 Å². The molecule has 3 aromatic heterocycles. The van der Waals surface area contributed by atoms with E-state index in [2.05, 4.69) is 25.0 Å². The Bertz CT molecular complexity index is 1260. The van der Waals surface area contributed by atoms with Crippen LogP contribution in [0.5, 0.6) is 0 Å².